The Bertz CT molecular complexity index is 883. The fraction of sp³-hybridized carbons (Fsp3) is 0.167. The molecule has 3 rings (SSSR count). The van der Waals surface area contributed by atoms with Crippen LogP contribution in [0.3, 0.4) is 0 Å². The van der Waals surface area contributed by atoms with Gasteiger partial charge in [-0.2, -0.15) is 5.10 Å². The zero-order valence-corrected chi connectivity index (χ0v) is 14.8. The quantitative estimate of drug-likeness (QED) is 0.459. The van der Waals surface area contributed by atoms with Crippen LogP contribution >= 0.6 is 11.8 Å². The molecular formula is C18H16N4O3S. The van der Waals surface area contributed by atoms with Crippen LogP contribution in [-0.4, -0.2) is 32.4 Å². The molecule has 1 atom stereocenters. The van der Waals surface area contributed by atoms with Crippen molar-refractivity contribution in [2.75, 3.05) is 0 Å². The van der Waals surface area contributed by atoms with Gasteiger partial charge in [0.25, 0.3) is 5.69 Å². The van der Waals surface area contributed by atoms with Crippen LogP contribution in [0, 0.1) is 10.1 Å². The van der Waals surface area contributed by atoms with Crippen LogP contribution in [0.1, 0.15) is 18.1 Å². The lowest BCUT2D eigenvalue weighted by atomic mass is 10.2. The summed E-state index contributed by atoms with van der Waals surface area (Å²) in [5, 5.41) is 19.3. The second-order valence-corrected chi connectivity index (χ2v) is 6.96. The van der Waals surface area contributed by atoms with Gasteiger partial charge in [0, 0.05) is 17.7 Å². The molecule has 1 heterocycles. The SMILES string of the molecule is CC1S/C(=N/N=C/c2cccc([N+](=O)[O-])c2)N(Cc2ccccc2)C1=O. The third-order valence-corrected chi connectivity index (χ3v) is 4.81. The van der Waals surface area contributed by atoms with Crippen LogP contribution in [0.25, 0.3) is 0 Å². The number of amidine groups is 1. The zero-order chi connectivity index (χ0) is 18.5. The normalized spacial score (nSPS) is 18.8. The Balaban J connectivity index is 1.78. The number of benzene rings is 2. The average Bonchev–Trinajstić information content (AvgIpc) is 2.90. The third-order valence-electron chi connectivity index (χ3n) is 3.74. The highest BCUT2D eigenvalue weighted by Gasteiger charge is 2.35. The average molecular weight is 368 g/mol. The minimum atomic E-state index is -0.460. The highest BCUT2D eigenvalue weighted by atomic mass is 32.2. The molecule has 0 spiro atoms. The van der Waals surface area contributed by atoms with E-state index < -0.39 is 4.92 Å². The van der Waals surface area contributed by atoms with Crippen molar-refractivity contribution in [2.45, 2.75) is 18.7 Å². The van der Waals surface area contributed by atoms with Gasteiger partial charge >= 0.3 is 0 Å². The van der Waals surface area contributed by atoms with Crippen LogP contribution in [0.15, 0.2) is 64.8 Å². The summed E-state index contributed by atoms with van der Waals surface area (Å²) in [4.78, 5) is 24.3. The van der Waals surface area contributed by atoms with Gasteiger partial charge in [-0.25, -0.2) is 0 Å². The monoisotopic (exact) mass is 368 g/mol. The van der Waals surface area contributed by atoms with Gasteiger partial charge in [-0.1, -0.05) is 54.2 Å². The summed E-state index contributed by atoms with van der Waals surface area (Å²) in [5.74, 6) is -0.0110. The molecule has 1 amide bonds. The van der Waals surface area contributed by atoms with Gasteiger partial charge < -0.3 is 0 Å². The van der Waals surface area contributed by atoms with Gasteiger partial charge in [0.05, 0.1) is 22.9 Å². The molecule has 0 radical (unpaired) electrons. The number of carbonyl (C=O) groups is 1. The minimum Gasteiger partial charge on any atom is -0.284 e. The molecular weight excluding hydrogens is 352 g/mol. The number of hydrogen-bond acceptors (Lipinski definition) is 6. The van der Waals surface area contributed by atoms with E-state index in [4.69, 9.17) is 0 Å². The summed E-state index contributed by atoms with van der Waals surface area (Å²) in [6.45, 7) is 2.26. The first kappa shape index (κ1) is 17.8. The van der Waals surface area contributed by atoms with Gasteiger partial charge in [0.15, 0.2) is 5.17 Å². The molecule has 1 aliphatic heterocycles. The molecule has 2 aromatic carbocycles. The smallest absolute Gasteiger partial charge is 0.270 e. The van der Waals surface area contributed by atoms with E-state index in [2.05, 4.69) is 10.2 Å². The van der Waals surface area contributed by atoms with E-state index in [0.29, 0.717) is 17.3 Å². The Hall–Kier alpha value is -3.00. The molecule has 8 heteroatoms. The molecule has 0 bridgehead atoms. The number of nitro groups is 1. The highest BCUT2D eigenvalue weighted by molar-refractivity contribution is 8.15. The second kappa shape index (κ2) is 7.92. The Kier molecular flexibility index (Phi) is 5.43. The summed E-state index contributed by atoms with van der Waals surface area (Å²) in [5.41, 5.74) is 1.57. The van der Waals surface area contributed by atoms with Gasteiger partial charge in [-0.05, 0) is 12.5 Å². The summed E-state index contributed by atoms with van der Waals surface area (Å²) >= 11 is 1.35. The van der Waals surface area contributed by atoms with Crippen molar-refractivity contribution >= 4 is 34.7 Å². The number of rotatable bonds is 5. The molecule has 1 aliphatic rings. The Morgan fingerprint density at radius 3 is 2.73 bits per heavy atom. The molecule has 7 nitrogen and oxygen atoms in total. The number of amides is 1. The standard InChI is InChI=1S/C18H16N4O3S/c1-13-17(23)21(12-14-6-3-2-4-7-14)18(26-13)20-19-11-15-8-5-9-16(10-15)22(24)25/h2-11,13H,12H2,1H3/b19-11+,20-18+. The van der Waals surface area contributed by atoms with E-state index in [1.54, 1.807) is 17.0 Å². The fourth-order valence-corrected chi connectivity index (χ4v) is 3.36. The molecule has 1 unspecified atom stereocenters. The van der Waals surface area contributed by atoms with Gasteiger partial charge in [0.2, 0.25) is 5.91 Å². The van der Waals surface area contributed by atoms with E-state index in [9.17, 15) is 14.9 Å². The summed E-state index contributed by atoms with van der Waals surface area (Å²) < 4.78 is 0. The molecule has 1 fully saturated rings. The minimum absolute atomic E-state index is 0.00801. The predicted octanol–water partition coefficient (Wildman–Crippen LogP) is 3.45. The summed E-state index contributed by atoms with van der Waals surface area (Å²) in [7, 11) is 0. The van der Waals surface area contributed by atoms with Crippen molar-refractivity contribution in [3.63, 3.8) is 0 Å². The van der Waals surface area contributed by atoms with Crippen molar-refractivity contribution < 1.29 is 9.72 Å². The molecule has 0 saturated carbocycles. The maximum absolute atomic E-state index is 12.4. The predicted molar refractivity (Wildman–Crippen MR) is 102 cm³/mol. The molecule has 0 N–H and O–H groups in total. The zero-order valence-electron chi connectivity index (χ0n) is 14.0. The first-order valence-electron chi connectivity index (χ1n) is 7.92. The van der Waals surface area contributed by atoms with Crippen LogP contribution in [0.5, 0.6) is 0 Å². The van der Waals surface area contributed by atoms with E-state index in [0.717, 1.165) is 5.56 Å². The lowest BCUT2D eigenvalue weighted by Crippen LogP contribution is -2.30. The Labute approximate surface area is 154 Å². The van der Waals surface area contributed by atoms with E-state index >= 15 is 0 Å². The lowest BCUT2D eigenvalue weighted by Gasteiger charge is -2.15. The number of non-ortho nitro benzene ring substituents is 1. The van der Waals surface area contributed by atoms with Crippen molar-refractivity contribution in [1.29, 1.82) is 0 Å². The molecule has 132 valence electrons. The number of nitrogens with zero attached hydrogens (tertiary/aromatic N) is 4. The Morgan fingerprint density at radius 2 is 2.00 bits per heavy atom. The highest BCUT2D eigenvalue weighted by Crippen LogP contribution is 2.28. The molecule has 1 saturated heterocycles. The molecule has 2 aromatic rings. The van der Waals surface area contributed by atoms with Crippen molar-refractivity contribution in [3.8, 4) is 0 Å². The molecule has 0 aliphatic carbocycles. The van der Waals surface area contributed by atoms with Crippen LogP contribution in [-0.2, 0) is 11.3 Å². The number of hydrogen-bond donors (Lipinski definition) is 0. The van der Waals surface area contributed by atoms with Crippen molar-refractivity contribution in [2.24, 2.45) is 10.2 Å². The fourth-order valence-electron chi connectivity index (χ4n) is 2.44. The number of thioether (sulfide) groups is 1. The number of nitro benzene ring substituents is 1. The van der Waals surface area contributed by atoms with E-state index in [1.807, 2.05) is 37.3 Å². The van der Waals surface area contributed by atoms with E-state index in [-0.39, 0.29) is 16.8 Å². The Morgan fingerprint density at radius 1 is 1.23 bits per heavy atom. The van der Waals surface area contributed by atoms with Gasteiger partial charge in [0.1, 0.15) is 0 Å². The first-order chi connectivity index (χ1) is 12.5. The van der Waals surface area contributed by atoms with Crippen molar-refractivity contribution in [3.05, 3.63) is 75.8 Å². The van der Waals surface area contributed by atoms with Gasteiger partial charge in [-0.3, -0.25) is 19.8 Å². The lowest BCUT2D eigenvalue weighted by molar-refractivity contribution is -0.384. The van der Waals surface area contributed by atoms with E-state index in [1.165, 1.54) is 30.1 Å². The number of carbonyl (C=O) groups excluding carboxylic acids is 1. The second-order valence-electron chi connectivity index (χ2n) is 5.65. The van der Waals surface area contributed by atoms with Crippen LogP contribution in [0.2, 0.25) is 0 Å². The maximum atomic E-state index is 12.4. The molecule has 0 aromatic heterocycles. The topological polar surface area (TPSA) is 88.2 Å². The van der Waals surface area contributed by atoms with Crippen molar-refractivity contribution in [1.82, 2.24) is 4.90 Å². The van der Waals surface area contributed by atoms with Gasteiger partial charge in [-0.15, -0.1) is 5.10 Å². The third kappa shape index (κ3) is 4.15. The summed E-state index contributed by atoms with van der Waals surface area (Å²) in [6, 6.07) is 15.8. The largest absolute Gasteiger partial charge is 0.284 e. The molecule has 26 heavy (non-hydrogen) atoms. The first-order valence-corrected chi connectivity index (χ1v) is 8.80. The van der Waals surface area contributed by atoms with Crippen LogP contribution < -0.4 is 0 Å². The summed E-state index contributed by atoms with van der Waals surface area (Å²) in [6.07, 6.45) is 1.44. The van der Waals surface area contributed by atoms with Crippen LogP contribution in [0.4, 0.5) is 5.69 Å². The maximum Gasteiger partial charge on any atom is 0.270 e.